The van der Waals surface area contributed by atoms with E-state index in [0.29, 0.717) is 5.82 Å². The van der Waals surface area contributed by atoms with Gasteiger partial charge in [-0.25, -0.2) is 4.98 Å². The average Bonchev–Trinajstić information content (AvgIpc) is 2.80. The van der Waals surface area contributed by atoms with E-state index in [4.69, 9.17) is 0 Å². The van der Waals surface area contributed by atoms with Crippen molar-refractivity contribution in [2.45, 2.75) is 26.5 Å². The van der Waals surface area contributed by atoms with Gasteiger partial charge in [0.25, 0.3) is 0 Å². The number of benzene rings is 1. The summed E-state index contributed by atoms with van der Waals surface area (Å²) in [6, 6.07) is 5.86. The summed E-state index contributed by atoms with van der Waals surface area (Å²) in [5.41, 5.74) is 2.00. The summed E-state index contributed by atoms with van der Waals surface area (Å²) in [5.74, 6) is 0.684. The zero-order valence-corrected chi connectivity index (χ0v) is 11.5. The highest BCUT2D eigenvalue weighted by atomic mass is 79.9. The molecule has 0 amide bonds. The van der Waals surface area contributed by atoms with Gasteiger partial charge >= 0.3 is 0 Å². The van der Waals surface area contributed by atoms with Crippen LogP contribution in [0.4, 0.5) is 0 Å². The number of nitrogens with zero attached hydrogens (tertiary/aromatic N) is 2. The van der Waals surface area contributed by atoms with Crippen LogP contribution in [0.25, 0.3) is 0 Å². The maximum Gasteiger partial charge on any atom is 0.142 e. The van der Waals surface area contributed by atoms with Gasteiger partial charge in [-0.2, -0.15) is 0 Å². The van der Waals surface area contributed by atoms with E-state index in [1.54, 1.807) is 6.20 Å². The molecule has 17 heavy (non-hydrogen) atoms. The van der Waals surface area contributed by atoms with Crippen LogP contribution in [0.3, 0.4) is 0 Å². The Bertz CT molecular complexity index is 522. The van der Waals surface area contributed by atoms with Crippen LogP contribution in [0.5, 0.6) is 0 Å². The summed E-state index contributed by atoms with van der Waals surface area (Å²) < 4.78 is 2.95. The Morgan fingerprint density at radius 2 is 2.24 bits per heavy atom. The number of aryl methyl sites for hydroxylation is 2. The SMILES string of the molecule is CCn1ccnc1C(O)c1ccc(C)c(Br)c1. The predicted octanol–water partition coefficient (Wildman–Crippen LogP) is 3.06. The smallest absolute Gasteiger partial charge is 0.142 e. The zero-order valence-electron chi connectivity index (χ0n) is 9.89. The molecule has 1 heterocycles. The lowest BCUT2D eigenvalue weighted by molar-refractivity contribution is 0.204. The van der Waals surface area contributed by atoms with Crippen molar-refractivity contribution in [3.63, 3.8) is 0 Å². The van der Waals surface area contributed by atoms with Crippen molar-refractivity contribution in [3.8, 4) is 0 Å². The van der Waals surface area contributed by atoms with Crippen LogP contribution in [0, 0.1) is 6.92 Å². The molecule has 0 radical (unpaired) electrons. The summed E-state index contributed by atoms with van der Waals surface area (Å²) in [4.78, 5) is 4.21. The quantitative estimate of drug-likeness (QED) is 0.945. The van der Waals surface area contributed by atoms with Gasteiger partial charge in [-0.15, -0.1) is 0 Å². The van der Waals surface area contributed by atoms with Crippen LogP contribution in [-0.4, -0.2) is 14.7 Å². The molecule has 2 rings (SSSR count). The standard InChI is InChI=1S/C13H15BrN2O/c1-3-16-7-6-15-13(16)12(17)10-5-4-9(2)11(14)8-10/h4-8,12,17H,3H2,1-2H3. The molecule has 0 saturated heterocycles. The lowest BCUT2D eigenvalue weighted by Gasteiger charge is -2.13. The lowest BCUT2D eigenvalue weighted by atomic mass is 10.1. The third kappa shape index (κ3) is 2.42. The van der Waals surface area contributed by atoms with Gasteiger partial charge in [0.2, 0.25) is 0 Å². The van der Waals surface area contributed by atoms with Crippen LogP contribution < -0.4 is 0 Å². The highest BCUT2D eigenvalue weighted by Gasteiger charge is 2.16. The fourth-order valence-electron chi connectivity index (χ4n) is 1.76. The van der Waals surface area contributed by atoms with E-state index in [2.05, 4.69) is 20.9 Å². The first-order valence-electron chi connectivity index (χ1n) is 5.58. The first kappa shape index (κ1) is 12.3. The first-order valence-corrected chi connectivity index (χ1v) is 6.38. The minimum Gasteiger partial charge on any atom is -0.380 e. The van der Waals surface area contributed by atoms with Gasteiger partial charge in [-0.05, 0) is 31.0 Å². The molecular weight excluding hydrogens is 280 g/mol. The van der Waals surface area contributed by atoms with Gasteiger partial charge in [0.05, 0.1) is 0 Å². The third-order valence-electron chi connectivity index (χ3n) is 2.84. The number of rotatable bonds is 3. The molecule has 90 valence electrons. The summed E-state index contributed by atoms with van der Waals surface area (Å²) in [6.07, 6.45) is 2.91. The van der Waals surface area contributed by atoms with Gasteiger partial charge in [0.1, 0.15) is 11.9 Å². The molecule has 1 N–H and O–H groups in total. The molecule has 0 bridgehead atoms. The van der Waals surface area contributed by atoms with E-state index in [1.165, 1.54) is 0 Å². The summed E-state index contributed by atoms with van der Waals surface area (Å²) in [6.45, 7) is 4.86. The predicted molar refractivity (Wildman–Crippen MR) is 70.8 cm³/mol. The molecular formula is C13H15BrN2O. The van der Waals surface area contributed by atoms with Crippen molar-refractivity contribution < 1.29 is 5.11 Å². The van der Waals surface area contributed by atoms with Crippen LogP contribution in [0.2, 0.25) is 0 Å². The molecule has 0 aliphatic heterocycles. The van der Waals surface area contributed by atoms with Crippen molar-refractivity contribution in [1.82, 2.24) is 9.55 Å². The molecule has 0 spiro atoms. The van der Waals surface area contributed by atoms with Crippen LogP contribution in [0.1, 0.15) is 30.0 Å². The Balaban J connectivity index is 2.36. The number of aromatic nitrogens is 2. The molecule has 1 aromatic carbocycles. The number of imidazole rings is 1. The largest absolute Gasteiger partial charge is 0.380 e. The van der Waals surface area contributed by atoms with Gasteiger partial charge in [-0.3, -0.25) is 0 Å². The maximum atomic E-state index is 10.3. The molecule has 1 aromatic heterocycles. The Morgan fingerprint density at radius 3 is 2.88 bits per heavy atom. The van der Waals surface area contributed by atoms with Crippen molar-refractivity contribution in [3.05, 3.63) is 52.0 Å². The van der Waals surface area contributed by atoms with Crippen molar-refractivity contribution in [2.24, 2.45) is 0 Å². The minimum absolute atomic E-state index is 0.679. The van der Waals surface area contributed by atoms with Crippen LogP contribution in [0.15, 0.2) is 35.1 Å². The van der Waals surface area contributed by atoms with E-state index < -0.39 is 6.10 Å². The molecule has 0 aliphatic rings. The number of aliphatic hydroxyl groups excluding tert-OH is 1. The van der Waals surface area contributed by atoms with E-state index in [9.17, 15) is 5.11 Å². The normalized spacial score (nSPS) is 12.7. The minimum atomic E-state index is -0.679. The van der Waals surface area contributed by atoms with Gasteiger partial charge in [0, 0.05) is 23.4 Å². The Morgan fingerprint density at radius 1 is 1.47 bits per heavy atom. The highest BCUT2D eigenvalue weighted by molar-refractivity contribution is 9.10. The van der Waals surface area contributed by atoms with E-state index >= 15 is 0 Å². The molecule has 0 fully saturated rings. The number of hydrogen-bond donors (Lipinski definition) is 1. The van der Waals surface area contributed by atoms with Gasteiger partial charge in [-0.1, -0.05) is 28.1 Å². The second kappa shape index (κ2) is 5.02. The van der Waals surface area contributed by atoms with Gasteiger partial charge in [0.15, 0.2) is 0 Å². The van der Waals surface area contributed by atoms with Gasteiger partial charge < -0.3 is 9.67 Å². The fourth-order valence-corrected chi connectivity index (χ4v) is 2.16. The number of aliphatic hydroxyl groups is 1. The fraction of sp³-hybridized carbons (Fsp3) is 0.308. The average molecular weight is 295 g/mol. The molecule has 2 aromatic rings. The van der Waals surface area contributed by atoms with Crippen LogP contribution >= 0.6 is 15.9 Å². The number of hydrogen-bond acceptors (Lipinski definition) is 2. The molecule has 0 saturated carbocycles. The summed E-state index contributed by atoms with van der Waals surface area (Å²) in [5, 5.41) is 10.3. The monoisotopic (exact) mass is 294 g/mol. The van der Waals surface area contributed by atoms with Crippen molar-refractivity contribution in [2.75, 3.05) is 0 Å². The van der Waals surface area contributed by atoms with Crippen molar-refractivity contribution in [1.29, 1.82) is 0 Å². The molecule has 4 heteroatoms. The zero-order chi connectivity index (χ0) is 12.4. The van der Waals surface area contributed by atoms with E-state index in [0.717, 1.165) is 22.1 Å². The second-order valence-corrected chi connectivity index (χ2v) is 4.84. The number of halogens is 1. The Kier molecular flexibility index (Phi) is 3.64. The Hall–Kier alpha value is -1.13. The van der Waals surface area contributed by atoms with E-state index in [1.807, 2.05) is 42.8 Å². The van der Waals surface area contributed by atoms with E-state index in [-0.39, 0.29) is 0 Å². The van der Waals surface area contributed by atoms with Crippen molar-refractivity contribution >= 4 is 15.9 Å². The topological polar surface area (TPSA) is 38.0 Å². The van der Waals surface area contributed by atoms with Crippen LogP contribution in [-0.2, 0) is 6.54 Å². The molecule has 0 aliphatic carbocycles. The molecule has 1 atom stereocenters. The molecule has 3 nitrogen and oxygen atoms in total. The summed E-state index contributed by atoms with van der Waals surface area (Å²) in [7, 11) is 0. The first-order chi connectivity index (χ1) is 8.13. The second-order valence-electron chi connectivity index (χ2n) is 3.98. The maximum absolute atomic E-state index is 10.3. The lowest BCUT2D eigenvalue weighted by Crippen LogP contribution is -2.08. The summed E-state index contributed by atoms with van der Waals surface area (Å²) >= 11 is 3.47. The third-order valence-corrected chi connectivity index (χ3v) is 3.70. The highest BCUT2D eigenvalue weighted by Crippen LogP contribution is 2.25. The molecule has 1 unspecified atom stereocenters. The Labute approximate surface area is 109 Å².